The van der Waals surface area contributed by atoms with Gasteiger partial charge in [-0.25, -0.2) is 0 Å². The van der Waals surface area contributed by atoms with Crippen molar-refractivity contribution in [1.82, 2.24) is 5.32 Å². The Morgan fingerprint density at radius 1 is 1.32 bits per heavy atom. The largest absolute Gasteiger partial charge is 0.364 e. The Bertz CT molecular complexity index is 390. The highest BCUT2D eigenvalue weighted by molar-refractivity contribution is 5.20. The van der Waals surface area contributed by atoms with E-state index in [1.165, 1.54) is 5.56 Å². The summed E-state index contributed by atoms with van der Waals surface area (Å²) in [5, 5.41) is 3.69. The SMILES string of the molecule is CCC1NCC(C)(CC(C)C)OC1c1ccccc1. The minimum absolute atomic E-state index is 0.0552. The molecule has 3 atom stereocenters. The maximum atomic E-state index is 6.51. The van der Waals surface area contributed by atoms with E-state index in [9.17, 15) is 0 Å². The molecule has 19 heavy (non-hydrogen) atoms. The zero-order chi connectivity index (χ0) is 13.9. The van der Waals surface area contributed by atoms with Crippen molar-refractivity contribution in [3.63, 3.8) is 0 Å². The highest BCUT2D eigenvalue weighted by Crippen LogP contribution is 2.35. The lowest BCUT2D eigenvalue weighted by atomic mass is 9.89. The number of hydrogen-bond donors (Lipinski definition) is 1. The van der Waals surface area contributed by atoms with Gasteiger partial charge in [-0.1, -0.05) is 51.1 Å². The molecule has 1 fully saturated rings. The van der Waals surface area contributed by atoms with Crippen LogP contribution in [-0.4, -0.2) is 18.2 Å². The number of ether oxygens (including phenoxy) is 1. The van der Waals surface area contributed by atoms with Crippen molar-refractivity contribution in [2.75, 3.05) is 6.54 Å². The molecule has 0 bridgehead atoms. The molecule has 106 valence electrons. The summed E-state index contributed by atoms with van der Waals surface area (Å²) in [4.78, 5) is 0. The summed E-state index contributed by atoms with van der Waals surface area (Å²) in [6.45, 7) is 9.94. The Morgan fingerprint density at radius 3 is 2.58 bits per heavy atom. The van der Waals surface area contributed by atoms with Crippen molar-refractivity contribution < 1.29 is 4.74 Å². The molecule has 2 rings (SSSR count). The second kappa shape index (κ2) is 6.06. The first kappa shape index (κ1) is 14.5. The van der Waals surface area contributed by atoms with Gasteiger partial charge in [0.25, 0.3) is 0 Å². The van der Waals surface area contributed by atoms with Crippen molar-refractivity contribution in [2.24, 2.45) is 5.92 Å². The van der Waals surface area contributed by atoms with E-state index in [-0.39, 0.29) is 11.7 Å². The molecule has 1 aromatic carbocycles. The molecular weight excluding hydrogens is 234 g/mol. The molecule has 1 aliphatic rings. The quantitative estimate of drug-likeness (QED) is 0.886. The van der Waals surface area contributed by atoms with Crippen molar-refractivity contribution >= 4 is 0 Å². The third-order valence-electron chi connectivity index (χ3n) is 3.92. The lowest BCUT2D eigenvalue weighted by Gasteiger charge is -2.44. The average molecular weight is 261 g/mol. The second-order valence-electron chi connectivity index (χ2n) is 6.39. The average Bonchev–Trinajstić information content (AvgIpc) is 2.38. The molecule has 1 heterocycles. The van der Waals surface area contributed by atoms with Crippen LogP contribution in [0.1, 0.15) is 52.2 Å². The van der Waals surface area contributed by atoms with Gasteiger partial charge in [0.05, 0.1) is 11.7 Å². The fraction of sp³-hybridized carbons (Fsp3) is 0.647. The Kier molecular flexibility index (Phi) is 4.64. The van der Waals surface area contributed by atoms with E-state index < -0.39 is 0 Å². The van der Waals surface area contributed by atoms with E-state index in [1.807, 2.05) is 0 Å². The van der Waals surface area contributed by atoms with Crippen LogP contribution in [0.3, 0.4) is 0 Å². The molecule has 0 radical (unpaired) electrons. The number of rotatable bonds is 4. The summed E-state index contributed by atoms with van der Waals surface area (Å²) >= 11 is 0. The second-order valence-corrected chi connectivity index (χ2v) is 6.39. The molecule has 3 unspecified atom stereocenters. The maximum absolute atomic E-state index is 6.51. The predicted octanol–water partition coefficient (Wildman–Crippen LogP) is 3.93. The smallest absolute Gasteiger partial charge is 0.0985 e. The van der Waals surface area contributed by atoms with E-state index in [0.717, 1.165) is 19.4 Å². The Morgan fingerprint density at radius 2 is 2.00 bits per heavy atom. The molecule has 1 aliphatic heterocycles. The molecule has 0 amide bonds. The van der Waals surface area contributed by atoms with E-state index in [4.69, 9.17) is 4.74 Å². The third kappa shape index (κ3) is 3.58. The van der Waals surface area contributed by atoms with Crippen LogP contribution in [0.4, 0.5) is 0 Å². The lowest BCUT2D eigenvalue weighted by Crippen LogP contribution is -2.54. The van der Waals surface area contributed by atoms with Gasteiger partial charge in [-0.15, -0.1) is 0 Å². The van der Waals surface area contributed by atoms with Crippen LogP contribution < -0.4 is 5.32 Å². The molecule has 1 N–H and O–H groups in total. The minimum atomic E-state index is -0.0552. The number of morpholine rings is 1. The zero-order valence-electron chi connectivity index (χ0n) is 12.6. The van der Waals surface area contributed by atoms with Gasteiger partial charge in [0.15, 0.2) is 0 Å². The monoisotopic (exact) mass is 261 g/mol. The topological polar surface area (TPSA) is 21.3 Å². The van der Waals surface area contributed by atoms with Gasteiger partial charge in [0.2, 0.25) is 0 Å². The van der Waals surface area contributed by atoms with Crippen molar-refractivity contribution in [2.45, 2.75) is 58.3 Å². The van der Waals surface area contributed by atoms with Gasteiger partial charge in [-0.2, -0.15) is 0 Å². The van der Waals surface area contributed by atoms with Crippen LogP contribution in [-0.2, 0) is 4.74 Å². The first-order chi connectivity index (χ1) is 9.04. The summed E-state index contributed by atoms with van der Waals surface area (Å²) in [6, 6.07) is 11.0. The first-order valence-electron chi connectivity index (χ1n) is 7.50. The van der Waals surface area contributed by atoms with Gasteiger partial charge in [-0.3, -0.25) is 0 Å². The van der Waals surface area contributed by atoms with Crippen molar-refractivity contribution in [1.29, 1.82) is 0 Å². The van der Waals surface area contributed by atoms with Crippen LogP contribution >= 0.6 is 0 Å². The van der Waals surface area contributed by atoms with Crippen molar-refractivity contribution in [3.8, 4) is 0 Å². The molecule has 0 spiro atoms. The summed E-state index contributed by atoms with van der Waals surface area (Å²) in [7, 11) is 0. The Labute approximate surface area is 117 Å². The number of hydrogen-bond acceptors (Lipinski definition) is 2. The predicted molar refractivity (Wildman–Crippen MR) is 80.2 cm³/mol. The fourth-order valence-electron chi connectivity index (χ4n) is 3.17. The van der Waals surface area contributed by atoms with Crippen LogP contribution in [0.15, 0.2) is 30.3 Å². The molecule has 1 saturated heterocycles. The Hall–Kier alpha value is -0.860. The van der Waals surface area contributed by atoms with Crippen LogP contribution in [0.25, 0.3) is 0 Å². The highest BCUT2D eigenvalue weighted by Gasteiger charge is 2.38. The maximum Gasteiger partial charge on any atom is 0.0985 e. The van der Waals surface area contributed by atoms with Gasteiger partial charge < -0.3 is 10.1 Å². The highest BCUT2D eigenvalue weighted by atomic mass is 16.5. The van der Waals surface area contributed by atoms with Gasteiger partial charge in [0, 0.05) is 12.6 Å². The van der Waals surface area contributed by atoms with Crippen LogP contribution in [0.5, 0.6) is 0 Å². The Balaban J connectivity index is 2.18. The van der Waals surface area contributed by atoms with Crippen molar-refractivity contribution in [3.05, 3.63) is 35.9 Å². The zero-order valence-corrected chi connectivity index (χ0v) is 12.6. The lowest BCUT2D eigenvalue weighted by molar-refractivity contribution is -0.137. The van der Waals surface area contributed by atoms with Gasteiger partial charge in [-0.05, 0) is 31.2 Å². The molecule has 1 aromatic rings. The van der Waals surface area contributed by atoms with Crippen LogP contribution in [0, 0.1) is 5.92 Å². The van der Waals surface area contributed by atoms with Crippen LogP contribution in [0.2, 0.25) is 0 Å². The van der Waals surface area contributed by atoms with E-state index in [1.54, 1.807) is 0 Å². The molecule has 2 nitrogen and oxygen atoms in total. The number of nitrogens with one attached hydrogen (secondary N) is 1. The van der Waals surface area contributed by atoms with Gasteiger partial charge in [0.1, 0.15) is 0 Å². The fourth-order valence-corrected chi connectivity index (χ4v) is 3.17. The normalized spacial score (nSPS) is 31.6. The standard InChI is InChI=1S/C17H27NO/c1-5-15-16(14-9-7-6-8-10-14)19-17(4,12-18-15)11-13(2)3/h6-10,13,15-16,18H,5,11-12H2,1-4H3. The molecule has 0 saturated carbocycles. The molecule has 2 heteroatoms. The van der Waals surface area contributed by atoms with E-state index in [2.05, 4.69) is 63.3 Å². The summed E-state index contributed by atoms with van der Waals surface area (Å²) in [5.41, 5.74) is 1.23. The summed E-state index contributed by atoms with van der Waals surface area (Å²) in [6.07, 6.45) is 2.36. The summed E-state index contributed by atoms with van der Waals surface area (Å²) < 4.78 is 6.51. The molecular formula is C17H27NO. The first-order valence-corrected chi connectivity index (χ1v) is 7.50. The number of benzene rings is 1. The summed E-state index contributed by atoms with van der Waals surface area (Å²) in [5.74, 6) is 0.654. The van der Waals surface area contributed by atoms with E-state index >= 15 is 0 Å². The molecule has 0 aliphatic carbocycles. The van der Waals surface area contributed by atoms with E-state index in [0.29, 0.717) is 12.0 Å². The third-order valence-corrected chi connectivity index (χ3v) is 3.92. The molecule has 0 aromatic heterocycles. The minimum Gasteiger partial charge on any atom is -0.364 e. The van der Waals surface area contributed by atoms with Gasteiger partial charge >= 0.3 is 0 Å².